The van der Waals surface area contributed by atoms with Crippen molar-refractivity contribution in [1.82, 2.24) is 0 Å². The van der Waals surface area contributed by atoms with Gasteiger partial charge in [0.1, 0.15) is 16.7 Å². The molecular formula is C15H15N3O3S. The number of benzene rings is 2. The molecule has 0 unspecified atom stereocenters. The Hall–Kier alpha value is -2.72. The van der Waals surface area contributed by atoms with E-state index in [1.165, 1.54) is 19.2 Å². The lowest BCUT2D eigenvalue weighted by atomic mass is 10.1. The molecule has 0 saturated carbocycles. The van der Waals surface area contributed by atoms with E-state index in [2.05, 4.69) is 4.72 Å². The third-order valence-electron chi connectivity index (χ3n) is 3.11. The van der Waals surface area contributed by atoms with Gasteiger partial charge in [0.05, 0.1) is 18.4 Å². The van der Waals surface area contributed by atoms with E-state index in [9.17, 15) is 8.42 Å². The van der Waals surface area contributed by atoms with Gasteiger partial charge in [0.15, 0.2) is 0 Å². The van der Waals surface area contributed by atoms with Gasteiger partial charge in [-0.1, -0.05) is 12.1 Å². The first-order valence-electron chi connectivity index (χ1n) is 6.35. The summed E-state index contributed by atoms with van der Waals surface area (Å²) in [6, 6.07) is 11.3. The maximum Gasteiger partial charge on any atom is 0.265 e. The van der Waals surface area contributed by atoms with Gasteiger partial charge in [-0.05, 0) is 36.8 Å². The zero-order valence-electron chi connectivity index (χ0n) is 12.1. The number of nitriles is 1. The van der Waals surface area contributed by atoms with E-state index >= 15 is 0 Å². The van der Waals surface area contributed by atoms with Crippen molar-refractivity contribution >= 4 is 21.4 Å². The summed E-state index contributed by atoms with van der Waals surface area (Å²) >= 11 is 0. The van der Waals surface area contributed by atoms with Crippen LogP contribution in [0.5, 0.6) is 5.75 Å². The van der Waals surface area contributed by atoms with Crippen LogP contribution in [0.25, 0.3) is 0 Å². The van der Waals surface area contributed by atoms with E-state index < -0.39 is 10.0 Å². The van der Waals surface area contributed by atoms with Crippen LogP contribution in [0.2, 0.25) is 0 Å². The van der Waals surface area contributed by atoms with Crippen molar-refractivity contribution in [3.05, 3.63) is 47.5 Å². The van der Waals surface area contributed by atoms with E-state index in [-0.39, 0.29) is 21.9 Å². The number of hydrogen-bond donors (Lipinski definition) is 2. The Morgan fingerprint density at radius 3 is 2.64 bits per heavy atom. The van der Waals surface area contributed by atoms with E-state index in [1.54, 1.807) is 31.2 Å². The second-order valence-corrected chi connectivity index (χ2v) is 6.28. The van der Waals surface area contributed by atoms with Crippen molar-refractivity contribution in [2.24, 2.45) is 0 Å². The predicted molar refractivity (Wildman–Crippen MR) is 84.1 cm³/mol. The maximum absolute atomic E-state index is 12.6. The second kappa shape index (κ2) is 5.95. The van der Waals surface area contributed by atoms with Gasteiger partial charge in [-0.25, -0.2) is 8.42 Å². The topological polar surface area (TPSA) is 105 Å². The smallest absolute Gasteiger partial charge is 0.265 e. The molecule has 6 nitrogen and oxygen atoms in total. The van der Waals surface area contributed by atoms with Gasteiger partial charge in [-0.15, -0.1) is 0 Å². The largest absolute Gasteiger partial charge is 0.495 e. The number of para-hydroxylation sites is 1. The summed E-state index contributed by atoms with van der Waals surface area (Å²) in [4.78, 5) is -0.0813. The Kier molecular flexibility index (Phi) is 4.24. The summed E-state index contributed by atoms with van der Waals surface area (Å²) in [5, 5.41) is 9.13. The van der Waals surface area contributed by atoms with Crippen molar-refractivity contribution in [2.45, 2.75) is 11.8 Å². The number of anilines is 2. The molecule has 0 aliphatic carbocycles. The number of nitrogens with one attached hydrogen (secondary N) is 1. The number of nitrogen functional groups attached to an aromatic ring is 1. The Labute approximate surface area is 129 Å². The van der Waals surface area contributed by atoms with Gasteiger partial charge in [-0.2, -0.15) is 5.26 Å². The molecule has 0 radical (unpaired) electrons. The van der Waals surface area contributed by atoms with Crippen LogP contribution in [0, 0.1) is 18.3 Å². The highest BCUT2D eigenvalue weighted by atomic mass is 32.2. The van der Waals surface area contributed by atoms with E-state index in [0.717, 1.165) is 0 Å². The summed E-state index contributed by atoms with van der Waals surface area (Å²) in [6.07, 6.45) is 0. The molecule has 0 aliphatic heterocycles. The van der Waals surface area contributed by atoms with Crippen LogP contribution < -0.4 is 15.2 Å². The molecule has 0 fully saturated rings. The molecule has 0 spiro atoms. The van der Waals surface area contributed by atoms with Crippen LogP contribution in [0.4, 0.5) is 11.4 Å². The van der Waals surface area contributed by atoms with Gasteiger partial charge in [-0.3, -0.25) is 4.72 Å². The van der Waals surface area contributed by atoms with Gasteiger partial charge >= 0.3 is 0 Å². The molecule has 7 heteroatoms. The molecule has 3 N–H and O–H groups in total. The highest BCUT2D eigenvalue weighted by Crippen LogP contribution is 2.29. The number of aryl methyl sites for hydroxylation is 1. The minimum atomic E-state index is -3.94. The van der Waals surface area contributed by atoms with E-state index in [0.29, 0.717) is 11.3 Å². The fourth-order valence-electron chi connectivity index (χ4n) is 1.99. The monoisotopic (exact) mass is 317 g/mol. The Morgan fingerprint density at radius 2 is 2.00 bits per heavy atom. The first-order valence-corrected chi connectivity index (χ1v) is 7.83. The minimum absolute atomic E-state index is 0.0813. The molecule has 0 aromatic heterocycles. The number of nitrogens with two attached hydrogens (primary N) is 1. The molecule has 0 bridgehead atoms. The lowest BCUT2D eigenvalue weighted by Crippen LogP contribution is -2.16. The van der Waals surface area contributed by atoms with Crippen molar-refractivity contribution in [3.8, 4) is 11.8 Å². The van der Waals surface area contributed by atoms with Crippen LogP contribution in [0.3, 0.4) is 0 Å². The Bertz CT molecular complexity index is 855. The molecule has 2 aromatic carbocycles. The number of sulfonamides is 1. The number of rotatable bonds is 4. The summed E-state index contributed by atoms with van der Waals surface area (Å²) in [7, 11) is -2.57. The quantitative estimate of drug-likeness (QED) is 0.841. The van der Waals surface area contributed by atoms with Crippen LogP contribution in [-0.2, 0) is 10.0 Å². The second-order valence-electron chi connectivity index (χ2n) is 4.63. The summed E-state index contributed by atoms with van der Waals surface area (Å²) in [6.45, 7) is 1.72. The van der Waals surface area contributed by atoms with Crippen LogP contribution >= 0.6 is 0 Å². The molecule has 0 heterocycles. The number of nitrogens with zero attached hydrogens (tertiary/aromatic N) is 1. The maximum atomic E-state index is 12.6. The third-order valence-corrected chi connectivity index (χ3v) is 4.48. The van der Waals surface area contributed by atoms with Crippen molar-refractivity contribution in [2.75, 3.05) is 17.6 Å². The number of hydrogen-bond acceptors (Lipinski definition) is 5. The third kappa shape index (κ3) is 2.97. The first-order chi connectivity index (χ1) is 10.4. The Balaban J connectivity index is 2.55. The Morgan fingerprint density at radius 1 is 1.27 bits per heavy atom. The van der Waals surface area contributed by atoms with Crippen LogP contribution in [0.1, 0.15) is 11.1 Å². The minimum Gasteiger partial charge on any atom is -0.495 e. The zero-order valence-corrected chi connectivity index (χ0v) is 12.9. The number of methoxy groups -OCH3 is 1. The molecule has 2 aromatic rings. The summed E-state index contributed by atoms with van der Waals surface area (Å²) in [5.41, 5.74) is 7.09. The highest BCUT2D eigenvalue weighted by Gasteiger charge is 2.22. The van der Waals surface area contributed by atoms with Gasteiger partial charge in [0.25, 0.3) is 10.0 Å². The van der Waals surface area contributed by atoms with Crippen LogP contribution in [0.15, 0.2) is 41.3 Å². The van der Waals surface area contributed by atoms with Gasteiger partial charge in [0, 0.05) is 5.69 Å². The molecule has 114 valence electrons. The first kappa shape index (κ1) is 15.7. The zero-order chi connectivity index (χ0) is 16.3. The van der Waals surface area contributed by atoms with Gasteiger partial charge < -0.3 is 10.5 Å². The van der Waals surface area contributed by atoms with Crippen molar-refractivity contribution < 1.29 is 13.2 Å². The summed E-state index contributed by atoms with van der Waals surface area (Å²) < 4.78 is 32.7. The molecule has 0 amide bonds. The lowest BCUT2D eigenvalue weighted by Gasteiger charge is -2.14. The molecule has 2 rings (SSSR count). The SMILES string of the molecule is COc1ccc(N)cc1S(=O)(=O)Nc1c(C)cccc1C#N. The summed E-state index contributed by atoms with van der Waals surface area (Å²) in [5.74, 6) is 0.175. The molecule has 0 aliphatic rings. The standard InChI is InChI=1S/C15H15N3O3S/c1-10-4-3-5-11(9-16)15(10)18-22(19,20)14-8-12(17)6-7-13(14)21-2/h3-8,18H,17H2,1-2H3. The number of ether oxygens (including phenoxy) is 1. The normalized spacial score (nSPS) is 10.8. The average Bonchev–Trinajstić information content (AvgIpc) is 2.49. The fourth-order valence-corrected chi connectivity index (χ4v) is 3.35. The van der Waals surface area contributed by atoms with Crippen molar-refractivity contribution in [1.29, 1.82) is 5.26 Å². The fraction of sp³-hybridized carbons (Fsp3) is 0.133. The highest BCUT2D eigenvalue weighted by molar-refractivity contribution is 7.92. The average molecular weight is 317 g/mol. The predicted octanol–water partition coefficient (Wildman–Crippen LogP) is 2.26. The van der Waals surface area contributed by atoms with E-state index in [4.69, 9.17) is 15.7 Å². The molecule has 22 heavy (non-hydrogen) atoms. The lowest BCUT2D eigenvalue weighted by molar-refractivity contribution is 0.403. The van der Waals surface area contributed by atoms with E-state index in [1.807, 2.05) is 6.07 Å². The molecular weight excluding hydrogens is 302 g/mol. The molecule has 0 saturated heterocycles. The van der Waals surface area contributed by atoms with Gasteiger partial charge in [0.2, 0.25) is 0 Å². The van der Waals surface area contributed by atoms with Crippen LogP contribution in [-0.4, -0.2) is 15.5 Å². The molecule has 0 atom stereocenters. The van der Waals surface area contributed by atoms with Crippen molar-refractivity contribution in [3.63, 3.8) is 0 Å².